The third-order valence-electron chi connectivity index (χ3n) is 4.76. The van der Waals surface area contributed by atoms with E-state index in [9.17, 15) is 4.79 Å². The molecule has 1 aromatic heterocycles. The van der Waals surface area contributed by atoms with Crippen molar-refractivity contribution in [1.29, 1.82) is 0 Å². The Morgan fingerprint density at radius 3 is 2.68 bits per heavy atom. The molecule has 3 atom stereocenters. The molecule has 3 N–H and O–H groups in total. The molecule has 0 radical (unpaired) electrons. The van der Waals surface area contributed by atoms with Gasteiger partial charge in [-0.3, -0.25) is 9.69 Å². The van der Waals surface area contributed by atoms with Gasteiger partial charge in [-0.25, -0.2) is 0 Å². The lowest BCUT2D eigenvalue weighted by atomic mass is 9.89. The normalized spacial score (nSPS) is 21.5. The molecule has 1 aliphatic rings. The van der Waals surface area contributed by atoms with Crippen LogP contribution < -0.4 is 11.1 Å². The van der Waals surface area contributed by atoms with E-state index in [1.165, 1.54) is 10.4 Å². The number of amides is 1. The maximum Gasteiger partial charge on any atom is 0.234 e. The molecule has 4 nitrogen and oxygen atoms in total. The molecule has 2 aromatic rings. The minimum atomic E-state index is 0. The number of carbonyl (C=O) groups excluding carboxylic acids is 1. The van der Waals surface area contributed by atoms with Crippen molar-refractivity contribution < 1.29 is 4.79 Å². The third-order valence-corrected chi connectivity index (χ3v) is 5.82. The van der Waals surface area contributed by atoms with Crippen LogP contribution in [-0.4, -0.2) is 37.0 Å². The zero-order valence-electron chi connectivity index (χ0n) is 14.4. The summed E-state index contributed by atoms with van der Waals surface area (Å²) in [6, 6.07) is 14.6. The fourth-order valence-electron chi connectivity index (χ4n) is 3.51. The minimum absolute atomic E-state index is 0. The van der Waals surface area contributed by atoms with E-state index in [-0.39, 0.29) is 24.4 Å². The Balaban J connectivity index is 0.00000225. The van der Waals surface area contributed by atoms with Gasteiger partial charge < -0.3 is 11.1 Å². The summed E-state index contributed by atoms with van der Waals surface area (Å²) in [5.41, 5.74) is 7.30. The molecule has 1 unspecified atom stereocenters. The van der Waals surface area contributed by atoms with E-state index >= 15 is 0 Å². The van der Waals surface area contributed by atoms with Crippen LogP contribution in [0.15, 0.2) is 47.8 Å². The molecule has 1 amide bonds. The monoisotopic (exact) mass is 379 g/mol. The maximum absolute atomic E-state index is 12.4. The second-order valence-corrected chi connectivity index (χ2v) is 7.49. The zero-order chi connectivity index (χ0) is 16.9. The zero-order valence-corrected chi connectivity index (χ0v) is 16.1. The van der Waals surface area contributed by atoms with E-state index in [4.69, 9.17) is 5.73 Å². The number of hydrogen-bond acceptors (Lipinski definition) is 4. The molecular weight excluding hydrogens is 354 g/mol. The average molecular weight is 380 g/mol. The van der Waals surface area contributed by atoms with Crippen LogP contribution in [0.3, 0.4) is 0 Å². The van der Waals surface area contributed by atoms with E-state index < -0.39 is 0 Å². The Kier molecular flexibility index (Phi) is 7.44. The van der Waals surface area contributed by atoms with Gasteiger partial charge in [-0.1, -0.05) is 36.4 Å². The van der Waals surface area contributed by atoms with Crippen LogP contribution >= 0.6 is 23.7 Å². The number of nitrogens with two attached hydrogens (primary N) is 1. The summed E-state index contributed by atoms with van der Waals surface area (Å²) < 4.78 is 0. The molecule has 3 rings (SSSR count). The SMILES string of the molecule is CC(NC(=O)CN1C[C@@H](CN)[C@H](c2ccccc2)C1)c1cccs1.Cl. The van der Waals surface area contributed by atoms with Crippen LogP contribution in [-0.2, 0) is 4.79 Å². The van der Waals surface area contributed by atoms with Crippen molar-refractivity contribution in [3.8, 4) is 0 Å². The van der Waals surface area contributed by atoms with Gasteiger partial charge in [0.2, 0.25) is 5.91 Å². The average Bonchev–Trinajstić information content (AvgIpc) is 3.25. The fourth-order valence-corrected chi connectivity index (χ4v) is 4.24. The summed E-state index contributed by atoms with van der Waals surface area (Å²) in [4.78, 5) is 15.8. The van der Waals surface area contributed by atoms with Crippen molar-refractivity contribution in [3.05, 3.63) is 58.3 Å². The predicted molar refractivity (Wildman–Crippen MR) is 106 cm³/mol. The Bertz CT molecular complexity index is 650. The van der Waals surface area contributed by atoms with Crippen LogP contribution in [0.2, 0.25) is 0 Å². The van der Waals surface area contributed by atoms with Crippen molar-refractivity contribution >= 4 is 29.7 Å². The van der Waals surface area contributed by atoms with Gasteiger partial charge in [0.05, 0.1) is 12.6 Å². The van der Waals surface area contributed by atoms with Gasteiger partial charge in [-0.2, -0.15) is 0 Å². The molecule has 1 aliphatic heterocycles. The molecule has 1 aromatic carbocycles. The van der Waals surface area contributed by atoms with Crippen molar-refractivity contribution in [2.24, 2.45) is 11.7 Å². The minimum Gasteiger partial charge on any atom is -0.348 e. The Labute approximate surface area is 159 Å². The lowest BCUT2D eigenvalue weighted by molar-refractivity contribution is -0.122. The summed E-state index contributed by atoms with van der Waals surface area (Å²) in [5.74, 6) is 0.911. The highest BCUT2D eigenvalue weighted by Crippen LogP contribution is 2.31. The molecular formula is C19H26ClN3OS. The quantitative estimate of drug-likeness (QED) is 0.811. The first-order valence-electron chi connectivity index (χ1n) is 8.47. The number of benzene rings is 1. The first-order chi connectivity index (χ1) is 11.7. The van der Waals surface area contributed by atoms with Gasteiger partial charge in [0.15, 0.2) is 0 Å². The second kappa shape index (κ2) is 9.34. The van der Waals surface area contributed by atoms with E-state index in [0.717, 1.165) is 13.1 Å². The summed E-state index contributed by atoms with van der Waals surface area (Å²) in [6.45, 7) is 4.91. The summed E-state index contributed by atoms with van der Waals surface area (Å²) in [7, 11) is 0. The number of nitrogens with one attached hydrogen (secondary N) is 1. The third kappa shape index (κ3) is 5.05. The Morgan fingerprint density at radius 1 is 1.28 bits per heavy atom. The van der Waals surface area contributed by atoms with Crippen LogP contribution in [0.4, 0.5) is 0 Å². The van der Waals surface area contributed by atoms with Gasteiger partial charge in [0.1, 0.15) is 0 Å². The lowest BCUT2D eigenvalue weighted by Gasteiger charge is -2.18. The topological polar surface area (TPSA) is 58.4 Å². The van der Waals surface area contributed by atoms with Crippen molar-refractivity contribution in [2.75, 3.05) is 26.2 Å². The second-order valence-electron chi connectivity index (χ2n) is 6.51. The molecule has 136 valence electrons. The standard InChI is InChI=1S/C19H25N3OS.ClH/c1-14(18-8-5-9-24-18)21-19(23)13-22-11-16(10-20)17(12-22)15-6-3-2-4-7-15;/h2-9,14,16-17H,10-13,20H2,1H3,(H,21,23);1H/t14?,16-,17+;/m1./s1. The van der Waals surface area contributed by atoms with Crippen molar-refractivity contribution in [1.82, 2.24) is 10.2 Å². The number of thiophene rings is 1. The Hall–Kier alpha value is -1.40. The highest BCUT2D eigenvalue weighted by molar-refractivity contribution is 7.10. The first kappa shape index (κ1) is 19.9. The first-order valence-corrected chi connectivity index (χ1v) is 9.35. The van der Waals surface area contributed by atoms with Gasteiger partial charge in [0, 0.05) is 23.9 Å². The summed E-state index contributed by atoms with van der Waals surface area (Å²) in [5, 5.41) is 5.13. The molecule has 0 spiro atoms. The summed E-state index contributed by atoms with van der Waals surface area (Å²) in [6.07, 6.45) is 0. The van der Waals surface area contributed by atoms with Gasteiger partial charge in [0.25, 0.3) is 0 Å². The van der Waals surface area contributed by atoms with E-state index in [0.29, 0.717) is 24.9 Å². The number of rotatable bonds is 6. The van der Waals surface area contributed by atoms with Crippen molar-refractivity contribution in [2.45, 2.75) is 18.9 Å². The molecule has 1 saturated heterocycles. The van der Waals surface area contributed by atoms with Crippen LogP contribution in [0.5, 0.6) is 0 Å². The number of carbonyl (C=O) groups is 1. The van der Waals surface area contributed by atoms with Crippen LogP contribution in [0, 0.1) is 5.92 Å². The Morgan fingerprint density at radius 2 is 2.04 bits per heavy atom. The number of nitrogens with zero attached hydrogens (tertiary/aromatic N) is 1. The molecule has 1 fully saturated rings. The van der Waals surface area contributed by atoms with Gasteiger partial charge >= 0.3 is 0 Å². The predicted octanol–water partition coefficient (Wildman–Crippen LogP) is 3.02. The van der Waals surface area contributed by atoms with Gasteiger partial charge in [-0.05, 0) is 36.4 Å². The molecule has 0 bridgehead atoms. The van der Waals surface area contributed by atoms with E-state index in [2.05, 4.69) is 40.5 Å². The molecule has 6 heteroatoms. The van der Waals surface area contributed by atoms with Crippen LogP contribution in [0.25, 0.3) is 0 Å². The number of likely N-dealkylation sites (tertiary alicyclic amines) is 1. The molecule has 0 aliphatic carbocycles. The van der Waals surface area contributed by atoms with E-state index in [1.54, 1.807) is 11.3 Å². The highest BCUT2D eigenvalue weighted by atomic mass is 35.5. The van der Waals surface area contributed by atoms with Crippen molar-refractivity contribution in [3.63, 3.8) is 0 Å². The maximum atomic E-state index is 12.4. The number of halogens is 1. The lowest BCUT2D eigenvalue weighted by Crippen LogP contribution is -2.37. The highest BCUT2D eigenvalue weighted by Gasteiger charge is 2.33. The molecule has 0 saturated carbocycles. The number of hydrogen-bond donors (Lipinski definition) is 2. The fraction of sp³-hybridized carbons (Fsp3) is 0.421. The summed E-state index contributed by atoms with van der Waals surface area (Å²) >= 11 is 1.67. The van der Waals surface area contributed by atoms with Gasteiger partial charge in [-0.15, -0.1) is 23.7 Å². The largest absolute Gasteiger partial charge is 0.348 e. The molecule has 25 heavy (non-hydrogen) atoms. The molecule has 2 heterocycles. The smallest absolute Gasteiger partial charge is 0.234 e. The van der Waals surface area contributed by atoms with E-state index in [1.807, 2.05) is 24.4 Å². The van der Waals surface area contributed by atoms with Crippen LogP contribution in [0.1, 0.15) is 29.3 Å².